The number of phenolic OH excluding ortho intramolecular Hbond substituents is 1. The molecular weight excluding hydrogens is 268 g/mol. The molecule has 0 aliphatic carbocycles. The van der Waals surface area contributed by atoms with E-state index < -0.39 is 6.03 Å². The van der Waals surface area contributed by atoms with Crippen LogP contribution in [0.1, 0.15) is 12.5 Å². The van der Waals surface area contributed by atoms with Gasteiger partial charge in [0.1, 0.15) is 5.75 Å². The van der Waals surface area contributed by atoms with Gasteiger partial charge in [-0.1, -0.05) is 11.6 Å². The van der Waals surface area contributed by atoms with Crippen molar-refractivity contribution in [2.45, 2.75) is 13.8 Å². The van der Waals surface area contributed by atoms with Crippen LogP contribution in [0.25, 0.3) is 0 Å². The summed E-state index contributed by atoms with van der Waals surface area (Å²) in [6, 6.07) is 2.47. The van der Waals surface area contributed by atoms with E-state index in [-0.39, 0.29) is 11.7 Å². The Kier molecular flexibility index (Phi) is 5.00. The highest BCUT2D eigenvalue weighted by Crippen LogP contribution is 2.34. The molecule has 0 heterocycles. The molecule has 0 unspecified atom stereocenters. The zero-order chi connectivity index (χ0) is 14.6. The maximum absolute atomic E-state index is 11.9. The molecule has 6 nitrogen and oxygen atoms in total. The second-order valence-corrected chi connectivity index (χ2v) is 4.34. The first-order valence-corrected chi connectivity index (χ1v) is 6.11. The molecule has 4 N–H and O–H groups in total. The number of guanidine groups is 1. The first-order valence-electron chi connectivity index (χ1n) is 5.73. The van der Waals surface area contributed by atoms with Crippen molar-refractivity contribution >= 4 is 29.3 Å². The molecule has 7 heteroatoms. The molecule has 19 heavy (non-hydrogen) atoms. The standard InChI is InChI=1S/C12H17ClN4O2/c1-4-15-11(14)16-12(19)17(3)10-7(2)9(18)6-5-8(10)13/h5-6,18H,4H2,1-3H3,(H3,14,15,16,19). The number of anilines is 1. The normalized spacial score (nSPS) is 9.89. The molecule has 0 bridgehead atoms. The molecule has 1 aromatic carbocycles. The Hall–Kier alpha value is -1.95. The maximum atomic E-state index is 11.9. The van der Waals surface area contributed by atoms with Gasteiger partial charge in [0, 0.05) is 19.2 Å². The fraction of sp³-hybridized carbons (Fsp3) is 0.333. The second-order valence-electron chi connectivity index (χ2n) is 3.93. The zero-order valence-corrected chi connectivity index (χ0v) is 11.8. The van der Waals surface area contributed by atoms with Crippen LogP contribution in [0.5, 0.6) is 5.75 Å². The Labute approximate surface area is 116 Å². The van der Waals surface area contributed by atoms with E-state index >= 15 is 0 Å². The Balaban J connectivity index is 2.94. The van der Waals surface area contributed by atoms with Crippen LogP contribution in [0, 0.1) is 12.3 Å². The lowest BCUT2D eigenvalue weighted by molar-refractivity contribution is 0.251. The van der Waals surface area contributed by atoms with Gasteiger partial charge in [-0.05, 0) is 26.0 Å². The monoisotopic (exact) mass is 284 g/mol. The Morgan fingerprint density at radius 2 is 2.16 bits per heavy atom. The molecule has 104 valence electrons. The van der Waals surface area contributed by atoms with Gasteiger partial charge in [-0.3, -0.25) is 15.6 Å². The number of urea groups is 1. The van der Waals surface area contributed by atoms with Crippen LogP contribution in [-0.2, 0) is 0 Å². The Bertz CT molecular complexity index is 505. The maximum Gasteiger partial charge on any atom is 0.328 e. The fourth-order valence-corrected chi connectivity index (χ4v) is 1.91. The summed E-state index contributed by atoms with van der Waals surface area (Å²) in [4.78, 5) is 13.2. The van der Waals surface area contributed by atoms with Crippen molar-refractivity contribution in [3.63, 3.8) is 0 Å². The van der Waals surface area contributed by atoms with Crippen molar-refractivity contribution in [1.82, 2.24) is 10.6 Å². The molecule has 0 spiro atoms. The lowest BCUT2D eigenvalue weighted by atomic mass is 10.1. The van der Waals surface area contributed by atoms with E-state index in [2.05, 4.69) is 10.6 Å². The lowest BCUT2D eigenvalue weighted by Gasteiger charge is -2.22. The summed E-state index contributed by atoms with van der Waals surface area (Å²) in [6.45, 7) is 4.02. The minimum atomic E-state index is -0.512. The molecule has 0 aliphatic heterocycles. The average Bonchev–Trinajstić information content (AvgIpc) is 2.34. The number of carbonyl (C=O) groups is 1. The van der Waals surface area contributed by atoms with Gasteiger partial charge in [-0.25, -0.2) is 4.79 Å². The van der Waals surface area contributed by atoms with E-state index in [1.54, 1.807) is 6.92 Å². The quantitative estimate of drug-likeness (QED) is 0.495. The van der Waals surface area contributed by atoms with E-state index in [4.69, 9.17) is 17.0 Å². The van der Waals surface area contributed by atoms with Crippen molar-refractivity contribution < 1.29 is 9.90 Å². The van der Waals surface area contributed by atoms with E-state index in [1.807, 2.05) is 6.92 Å². The molecule has 0 radical (unpaired) electrons. The van der Waals surface area contributed by atoms with Gasteiger partial charge < -0.3 is 10.4 Å². The van der Waals surface area contributed by atoms with Crippen LogP contribution >= 0.6 is 11.6 Å². The van der Waals surface area contributed by atoms with E-state index in [0.717, 1.165) is 0 Å². The van der Waals surface area contributed by atoms with Gasteiger partial charge in [0.2, 0.25) is 0 Å². The third-order valence-electron chi connectivity index (χ3n) is 2.58. The molecule has 0 saturated carbocycles. The van der Waals surface area contributed by atoms with Gasteiger partial charge in [-0.15, -0.1) is 0 Å². The molecule has 1 aromatic rings. The van der Waals surface area contributed by atoms with Crippen LogP contribution in [-0.4, -0.2) is 30.7 Å². The number of phenols is 1. The number of benzene rings is 1. The smallest absolute Gasteiger partial charge is 0.328 e. The van der Waals surface area contributed by atoms with E-state index in [0.29, 0.717) is 22.8 Å². The summed E-state index contributed by atoms with van der Waals surface area (Å²) in [6.07, 6.45) is 0. The molecule has 2 amide bonds. The van der Waals surface area contributed by atoms with Crippen LogP contribution in [0.4, 0.5) is 10.5 Å². The minimum Gasteiger partial charge on any atom is -0.508 e. The number of hydrogen-bond acceptors (Lipinski definition) is 3. The largest absolute Gasteiger partial charge is 0.508 e. The molecule has 0 aliphatic rings. The molecule has 0 aromatic heterocycles. The van der Waals surface area contributed by atoms with Crippen molar-refractivity contribution in [3.05, 3.63) is 22.7 Å². The highest BCUT2D eigenvalue weighted by molar-refractivity contribution is 6.34. The average molecular weight is 285 g/mol. The summed E-state index contributed by atoms with van der Waals surface area (Å²) in [5, 5.41) is 22.5. The van der Waals surface area contributed by atoms with Crippen molar-refractivity contribution in [3.8, 4) is 5.75 Å². The van der Waals surface area contributed by atoms with Crippen LogP contribution in [0.2, 0.25) is 5.02 Å². The summed E-state index contributed by atoms with van der Waals surface area (Å²) in [5.41, 5.74) is 0.906. The predicted octanol–water partition coefficient (Wildman–Crippen LogP) is 2.04. The highest BCUT2D eigenvalue weighted by atomic mass is 35.5. The number of hydrogen-bond donors (Lipinski definition) is 4. The summed E-state index contributed by atoms with van der Waals surface area (Å²) in [7, 11) is 1.52. The molecule has 0 saturated heterocycles. The minimum absolute atomic E-state index is 0.0563. The predicted molar refractivity (Wildman–Crippen MR) is 76.2 cm³/mol. The van der Waals surface area contributed by atoms with Crippen LogP contribution in [0.15, 0.2) is 12.1 Å². The van der Waals surface area contributed by atoms with Gasteiger partial charge in [-0.2, -0.15) is 0 Å². The highest BCUT2D eigenvalue weighted by Gasteiger charge is 2.18. The number of halogens is 1. The summed E-state index contributed by atoms with van der Waals surface area (Å²) in [5.74, 6) is -0.0333. The molecular formula is C12H17ClN4O2. The number of nitrogens with zero attached hydrogens (tertiary/aromatic N) is 1. The number of nitrogens with one attached hydrogen (secondary N) is 3. The van der Waals surface area contributed by atoms with Gasteiger partial charge in [0.15, 0.2) is 5.96 Å². The summed E-state index contributed by atoms with van der Waals surface area (Å²) < 4.78 is 0. The topological polar surface area (TPSA) is 88.5 Å². The van der Waals surface area contributed by atoms with E-state index in [1.165, 1.54) is 24.1 Å². The molecule has 0 fully saturated rings. The van der Waals surface area contributed by atoms with Crippen molar-refractivity contribution in [2.75, 3.05) is 18.5 Å². The Morgan fingerprint density at radius 3 is 2.74 bits per heavy atom. The number of amides is 2. The van der Waals surface area contributed by atoms with Gasteiger partial charge in [0.25, 0.3) is 0 Å². The fourth-order valence-electron chi connectivity index (χ4n) is 1.58. The van der Waals surface area contributed by atoms with Crippen LogP contribution in [0.3, 0.4) is 0 Å². The Morgan fingerprint density at radius 1 is 1.53 bits per heavy atom. The zero-order valence-electron chi connectivity index (χ0n) is 11.0. The number of aromatic hydroxyl groups is 1. The van der Waals surface area contributed by atoms with Gasteiger partial charge >= 0.3 is 6.03 Å². The lowest BCUT2D eigenvalue weighted by Crippen LogP contribution is -2.46. The first-order chi connectivity index (χ1) is 8.88. The number of rotatable bonds is 2. The van der Waals surface area contributed by atoms with Gasteiger partial charge in [0.05, 0.1) is 10.7 Å². The first kappa shape index (κ1) is 15.1. The third kappa shape index (κ3) is 3.51. The van der Waals surface area contributed by atoms with Crippen LogP contribution < -0.4 is 15.5 Å². The molecule has 1 rings (SSSR count). The summed E-state index contributed by atoms with van der Waals surface area (Å²) >= 11 is 6.04. The molecule has 0 atom stereocenters. The third-order valence-corrected chi connectivity index (χ3v) is 2.88. The second kappa shape index (κ2) is 6.29. The van der Waals surface area contributed by atoms with Crippen molar-refractivity contribution in [1.29, 1.82) is 5.41 Å². The number of carbonyl (C=O) groups excluding carboxylic acids is 1. The van der Waals surface area contributed by atoms with Crippen molar-refractivity contribution in [2.24, 2.45) is 0 Å². The SMILES string of the molecule is CCNC(=N)NC(=O)N(C)c1c(Cl)ccc(O)c1C. The van der Waals surface area contributed by atoms with E-state index in [9.17, 15) is 9.90 Å².